The fourth-order valence-corrected chi connectivity index (χ4v) is 2.83. The van der Waals surface area contributed by atoms with Crippen molar-refractivity contribution in [1.29, 1.82) is 0 Å². The van der Waals surface area contributed by atoms with Gasteiger partial charge in [0, 0.05) is 12.7 Å². The molecule has 1 fully saturated rings. The average molecular weight is 343 g/mol. The normalized spacial score (nSPS) is 20.4. The van der Waals surface area contributed by atoms with E-state index in [0.717, 1.165) is 5.69 Å². The molecule has 25 heavy (non-hydrogen) atoms. The molecule has 0 saturated carbocycles. The van der Waals surface area contributed by atoms with Crippen LogP contribution in [-0.2, 0) is 14.3 Å². The van der Waals surface area contributed by atoms with Crippen molar-refractivity contribution in [3.63, 3.8) is 0 Å². The van der Waals surface area contributed by atoms with Gasteiger partial charge in [-0.25, -0.2) is 9.37 Å². The van der Waals surface area contributed by atoms with Gasteiger partial charge in [0.2, 0.25) is 5.91 Å². The van der Waals surface area contributed by atoms with Gasteiger partial charge in [-0.15, -0.1) is 0 Å². The highest BCUT2D eigenvalue weighted by Gasteiger charge is 2.40. The Labute approximate surface area is 144 Å². The minimum Gasteiger partial charge on any atom is -0.356 e. The number of rotatable bonds is 3. The van der Waals surface area contributed by atoms with Crippen molar-refractivity contribution >= 4 is 17.6 Å². The van der Waals surface area contributed by atoms with Gasteiger partial charge in [-0.2, -0.15) is 0 Å². The van der Waals surface area contributed by atoms with E-state index in [0.29, 0.717) is 11.4 Å². The molecule has 0 unspecified atom stereocenters. The number of nitrogens with one attached hydrogen (secondary N) is 1. The third kappa shape index (κ3) is 3.66. The summed E-state index contributed by atoms with van der Waals surface area (Å²) in [6.07, 6.45) is -0.966. The maximum absolute atomic E-state index is 13.6. The first-order valence-corrected chi connectivity index (χ1v) is 7.83. The Hall–Kier alpha value is -2.80. The van der Waals surface area contributed by atoms with E-state index in [-0.39, 0.29) is 12.5 Å². The van der Waals surface area contributed by atoms with Gasteiger partial charge < -0.3 is 15.0 Å². The predicted molar refractivity (Wildman–Crippen MR) is 89.3 cm³/mol. The predicted octanol–water partition coefficient (Wildman–Crippen LogP) is 2.07. The summed E-state index contributed by atoms with van der Waals surface area (Å²) in [4.78, 5) is 30.3. The SMILES string of the molecule is Cc1cccc(NC(=O)[C@@H]2OCC(=O)N(C)[C@H]2c2cccc(F)c2)n1. The molecule has 130 valence electrons. The molecule has 7 heteroatoms. The minimum atomic E-state index is -0.966. The van der Waals surface area contributed by atoms with Crippen LogP contribution in [0.4, 0.5) is 10.2 Å². The van der Waals surface area contributed by atoms with E-state index >= 15 is 0 Å². The molecule has 0 radical (unpaired) electrons. The molecule has 1 N–H and O–H groups in total. The van der Waals surface area contributed by atoms with E-state index in [1.54, 1.807) is 25.2 Å². The maximum Gasteiger partial charge on any atom is 0.257 e. The summed E-state index contributed by atoms with van der Waals surface area (Å²) in [5, 5.41) is 2.70. The third-order valence-electron chi connectivity index (χ3n) is 4.07. The van der Waals surface area contributed by atoms with Gasteiger partial charge in [0.25, 0.3) is 5.91 Å². The molecule has 2 aromatic rings. The number of amides is 2. The molecule has 1 aliphatic heterocycles. The standard InChI is InChI=1S/C18H18FN3O3/c1-11-5-3-8-14(20-11)21-18(24)17-16(22(2)15(23)10-25-17)12-6-4-7-13(19)9-12/h3-9,16-17H,10H2,1-2H3,(H,20,21,24)/t16-,17+/m0/s1. The zero-order chi connectivity index (χ0) is 18.0. The Morgan fingerprint density at radius 3 is 2.80 bits per heavy atom. The number of pyridine rings is 1. The van der Waals surface area contributed by atoms with E-state index in [9.17, 15) is 14.0 Å². The summed E-state index contributed by atoms with van der Waals surface area (Å²) in [6, 6.07) is 10.3. The quantitative estimate of drug-likeness (QED) is 0.926. The Kier molecular flexibility index (Phi) is 4.76. The number of likely N-dealkylation sites (N-methyl/N-ethyl adjacent to an activating group) is 1. The van der Waals surface area contributed by atoms with Gasteiger partial charge in [-0.3, -0.25) is 9.59 Å². The number of carbonyl (C=O) groups is 2. The van der Waals surface area contributed by atoms with Gasteiger partial charge in [0.05, 0.1) is 6.04 Å². The monoisotopic (exact) mass is 343 g/mol. The molecular formula is C18H18FN3O3. The van der Waals surface area contributed by atoms with Gasteiger partial charge in [-0.1, -0.05) is 18.2 Å². The number of morpholine rings is 1. The van der Waals surface area contributed by atoms with Crippen molar-refractivity contribution in [2.45, 2.75) is 19.1 Å². The number of ether oxygens (including phenoxy) is 1. The molecule has 1 aromatic carbocycles. The van der Waals surface area contributed by atoms with Crippen LogP contribution in [0.15, 0.2) is 42.5 Å². The molecule has 2 heterocycles. The molecule has 0 bridgehead atoms. The summed E-state index contributed by atoms with van der Waals surface area (Å²) < 4.78 is 19.1. The molecule has 1 aromatic heterocycles. The minimum absolute atomic E-state index is 0.207. The molecule has 2 amide bonds. The topological polar surface area (TPSA) is 71.5 Å². The van der Waals surface area contributed by atoms with E-state index < -0.39 is 23.9 Å². The van der Waals surface area contributed by atoms with Gasteiger partial charge in [0.1, 0.15) is 18.2 Å². The molecule has 0 spiro atoms. The highest BCUT2D eigenvalue weighted by atomic mass is 19.1. The van der Waals surface area contributed by atoms with Gasteiger partial charge in [0.15, 0.2) is 6.10 Å². The van der Waals surface area contributed by atoms with Crippen LogP contribution in [0.2, 0.25) is 0 Å². The van der Waals surface area contributed by atoms with Gasteiger partial charge in [-0.05, 0) is 36.8 Å². The Balaban J connectivity index is 1.89. The first-order valence-electron chi connectivity index (χ1n) is 7.83. The number of hydrogen-bond acceptors (Lipinski definition) is 4. The third-order valence-corrected chi connectivity index (χ3v) is 4.07. The van der Waals surface area contributed by atoms with Crippen LogP contribution in [-0.4, -0.2) is 41.5 Å². The second-order valence-electron chi connectivity index (χ2n) is 5.89. The summed E-state index contributed by atoms with van der Waals surface area (Å²) in [6.45, 7) is 1.61. The summed E-state index contributed by atoms with van der Waals surface area (Å²) in [7, 11) is 1.58. The second-order valence-corrected chi connectivity index (χ2v) is 5.89. The molecule has 1 aliphatic rings. The Morgan fingerprint density at radius 1 is 1.32 bits per heavy atom. The lowest BCUT2D eigenvalue weighted by Crippen LogP contribution is -2.51. The molecule has 2 atom stereocenters. The lowest BCUT2D eigenvalue weighted by molar-refractivity contribution is -0.160. The lowest BCUT2D eigenvalue weighted by Gasteiger charge is -2.38. The maximum atomic E-state index is 13.6. The van der Waals surface area contributed by atoms with Gasteiger partial charge >= 0.3 is 0 Å². The van der Waals surface area contributed by atoms with Crippen molar-refractivity contribution in [1.82, 2.24) is 9.88 Å². The van der Waals surface area contributed by atoms with E-state index in [1.807, 2.05) is 13.0 Å². The smallest absolute Gasteiger partial charge is 0.257 e. The first kappa shape index (κ1) is 17.0. The number of aryl methyl sites for hydroxylation is 1. The van der Waals surface area contributed by atoms with Crippen LogP contribution in [0.3, 0.4) is 0 Å². The number of nitrogens with zero attached hydrogens (tertiary/aromatic N) is 2. The fourth-order valence-electron chi connectivity index (χ4n) is 2.83. The first-order chi connectivity index (χ1) is 12.0. The van der Waals surface area contributed by atoms with Crippen LogP contribution in [0.1, 0.15) is 17.3 Å². The number of carbonyl (C=O) groups excluding carboxylic acids is 2. The van der Waals surface area contributed by atoms with Crippen molar-refractivity contribution < 1.29 is 18.7 Å². The van der Waals surface area contributed by atoms with Crippen molar-refractivity contribution in [2.75, 3.05) is 19.0 Å². The van der Waals surface area contributed by atoms with E-state index in [1.165, 1.54) is 23.1 Å². The zero-order valence-electron chi connectivity index (χ0n) is 13.9. The van der Waals surface area contributed by atoms with E-state index in [2.05, 4.69) is 10.3 Å². The van der Waals surface area contributed by atoms with Crippen LogP contribution >= 0.6 is 0 Å². The van der Waals surface area contributed by atoms with Crippen molar-refractivity contribution in [3.8, 4) is 0 Å². The van der Waals surface area contributed by atoms with E-state index in [4.69, 9.17) is 4.74 Å². The molecule has 3 rings (SSSR count). The fraction of sp³-hybridized carbons (Fsp3) is 0.278. The second kappa shape index (κ2) is 6.98. The Bertz CT molecular complexity index is 812. The van der Waals surface area contributed by atoms with Crippen LogP contribution in [0.5, 0.6) is 0 Å². The van der Waals surface area contributed by atoms with Crippen molar-refractivity contribution in [2.24, 2.45) is 0 Å². The van der Waals surface area contributed by atoms with Crippen molar-refractivity contribution in [3.05, 3.63) is 59.5 Å². The number of benzene rings is 1. The van der Waals surface area contributed by atoms with Crippen LogP contribution in [0.25, 0.3) is 0 Å². The molecule has 0 aliphatic carbocycles. The number of anilines is 1. The van der Waals surface area contributed by atoms with Crippen LogP contribution in [0, 0.1) is 12.7 Å². The largest absolute Gasteiger partial charge is 0.356 e. The number of halogens is 1. The number of aromatic nitrogens is 1. The highest BCUT2D eigenvalue weighted by molar-refractivity contribution is 5.95. The lowest BCUT2D eigenvalue weighted by atomic mass is 9.97. The number of hydrogen-bond donors (Lipinski definition) is 1. The molecular weight excluding hydrogens is 325 g/mol. The average Bonchev–Trinajstić information content (AvgIpc) is 2.57. The Morgan fingerprint density at radius 2 is 2.08 bits per heavy atom. The summed E-state index contributed by atoms with van der Waals surface area (Å²) in [5.41, 5.74) is 1.25. The zero-order valence-corrected chi connectivity index (χ0v) is 13.9. The van der Waals surface area contributed by atoms with Crippen LogP contribution < -0.4 is 5.32 Å². The molecule has 6 nitrogen and oxygen atoms in total. The molecule has 1 saturated heterocycles. The summed E-state index contributed by atoms with van der Waals surface area (Å²) in [5.74, 6) is -0.756. The highest BCUT2D eigenvalue weighted by Crippen LogP contribution is 2.30. The summed E-state index contributed by atoms with van der Waals surface area (Å²) >= 11 is 0.